The molecule has 4 heteroatoms. The lowest BCUT2D eigenvalue weighted by Crippen LogP contribution is -2.28. The number of rotatable bonds is 4. The van der Waals surface area contributed by atoms with E-state index in [1.165, 1.54) is 12.1 Å². The molecule has 1 aliphatic rings. The van der Waals surface area contributed by atoms with Crippen LogP contribution in [0.15, 0.2) is 18.2 Å². The van der Waals surface area contributed by atoms with E-state index in [-0.39, 0.29) is 17.9 Å². The molecule has 1 fully saturated rings. The highest BCUT2D eigenvalue weighted by molar-refractivity contribution is 5.29. The second-order valence-electron chi connectivity index (χ2n) is 4.48. The minimum absolute atomic E-state index is 0.0503. The average molecular weight is 239 g/mol. The summed E-state index contributed by atoms with van der Waals surface area (Å²) in [6, 6.07) is 4.53. The molecule has 0 amide bonds. The molecule has 0 unspecified atom stereocenters. The molecule has 0 aromatic heterocycles. The van der Waals surface area contributed by atoms with Crippen LogP contribution in [0.3, 0.4) is 0 Å². The fraction of sp³-hybridized carbons (Fsp3) is 0.538. The summed E-state index contributed by atoms with van der Waals surface area (Å²) in [7, 11) is 0. The largest absolute Gasteiger partial charge is 0.505 e. The van der Waals surface area contributed by atoms with Crippen LogP contribution in [-0.2, 0) is 4.74 Å². The minimum atomic E-state index is -0.576. The molecule has 1 saturated heterocycles. The molecular weight excluding hydrogens is 221 g/mol. The Bertz CT molecular complexity index is 378. The number of phenols is 1. The van der Waals surface area contributed by atoms with Gasteiger partial charge < -0.3 is 15.2 Å². The Balaban J connectivity index is 1.89. The Kier molecular flexibility index (Phi) is 3.97. The van der Waals surface area contributed by atoms with Crippen molar-refractivity contribution < 1.29 is 14.2 Å². The first-order valence-corrected chi connectivity index (χ1v) is 6.00. The van der Waals surface area contributed by atoms with Crippen molar-refractivity contribution in [1.29, 1.82) is 0 Å². The van der Waals surface area contributed by atoms with Crippen LogP contribution >= 0.6 is 0 Å². The van der Waals surface area contributed by atoms with Crippen molar-refractivity contribution in [3.05, 3.63) is 29.6 Å². The van der Waals surface area contributed by atoms with Gasteiger partial charge in [0.1, 0.15) is 0 Å². The molecular formula is C13H18FNO2. The van der Waals surface area contributed by atoms with Gasteiger partial charge in [-0.3, -0.25) is 0 Å². The molecule has 0 bridgehead atoms. The maximum absolute atomic E-state index is 13.2. The van der Waals surface area contributed by atoms with Crippen LogP contribution in [0.1, 0.15) is 31.4 Å². The second kappa shape index (κ2) is 5.47. The predicted molar refractivity (Wildman–Crippen MR) is 63.5 cm³/mol. The van der Waals surface area contributed by atoms with Crippen molar-refractivity contribution in [3.8, 4) is 5.75 Å². The van der Waals surface area contributed by atoms with Crippen LogP contribution in [0.2, 0.25) is 0 Å². The molecule has 0 spiro atoms. The average Bonchev–Trinajstić information content (AvgIpc) is 2.82. The molecule has 1 aromatic carbocycles. The van der Waals surface area contributed by atoms with E-state index in [0.29, 0.717) is 0 Å². The normalized spacial score (nSPS) is 21.6. The summed E-state index contributed by atoms with van der Waals surface area (Å²) < 4.78 is 18.7. The maximum atomic E-state index is 13.2. The summed E-state index contributed by atoms with van der Waals surface area (Å²) in [5, 5.41) is 12.4. The lowest BCUT2D eigenvalue weighted by atomic mass is 10.1. The molecule has 2 rings (SSSR count). The molecule has 94 valence electrons. The third kappa shape index (κ3) is 3.17. The van der Waals surface area contributed by atoms with E-state index in [1.807, 2.05) is 6.92 Å². The summed E-state index contributed by atoms with van der Waals surface area (Å²) >= 11 is 0. The van der Waals surface area contributed by atoms with Crippen LogP contribution in [-0.4, -0.2) is 24.4 Å². The highest BCUT2D eigenvalue weighted by atomic mass is 19.1. The molecule has 3 nitrogen and oxygen atoms in total. The highest BCUT2D eigenvalue weighted by Gasteiger charge is 2.16. The van der Waals surface area contributed by atoms with Gasteiger partial charge in [-0.1, -0.05) is 6.07 Å². The van der Waals surface area contributed by atoms with E-state index in [0.717, 1.165) is 31.6 Å². The number of aromatic hydroxyl groups is 1. The number of nitrogens with one attached hydrogen (secondary N) is 1. The van der Waals surface area contributed by atoms with Crippen molar-refractivity contribution in [2.45, 2.75) is 31.9 Å². The topological polar surface area (TPSA) is 41.5 Å². The van der Waals surface area contributed by atoms with Crippen LogP contribution in [0.5, 0.6) is 5.75 Å². The third-order valence-electron chi connectivity index (χ3n) is 3.15. The molecule has 1 aliphatic heterocycles. The zero-order valence-corrected chi connectivity index (χ0v) is 9.95. The molecule has 17 heavy (non-hydrogen) atoms. The van der Waals surface area contributed by atoms with Crippen molar-refractivity contribution in [2.75, 3.05) is 13.2 Å². The number of benzene rings is 1. The number of hydrogen-bond donors (Lipinski definition) is 2. The number of hydrogen-bond acceptors (Lipinski definition) is 3. The van der Waals surface area contributed by atoms with E-state index in [1.54, 1.807) is 6.07 Å². The monoisotopic (exact) mass is 239 g/mol. The lowest BCUT2D eigenvalue weighted by molar-refractivity contribution is 0.108. The second-order valence-corrected chi connectivity index (χ2v) is 4.48. The van der Waals surface area contributed by atoms with Gasteiger partial charge in [-0.05, 0) is 37.5 Å². The highest BCUT2D eigenvalue weighted by Crippen LogP contribution is 2.21. The van der Waals surface area contributed by atoms with E-state index in [2.05, 4.69) is 5.32 Å². The van der Waals surface area contributed by atoms with Crippen LogP contribution in [0.4, 0.5) is 4.39 Å². The van der Waals surface area contributed by atoms with Crippen molar-refractivity contribution in [1.82, 2.24) is 5.32 Å². The van der Waals surface area contributed by atoms with Gasteiger partial charge in [0.2, 0.25) is 0 Å². The Morgan fingerprint density at radius 3 is 3.06 bits per heavy atom. The summed E-state index contributed by atoms with van der Waals surface area (Å²) in [6.07, 6.45) is 2.48. The molecule has 1 heterocycles. The third-order valence-corrected chi connectivity index (χ3v) is 3.15. The molecule has 2 atom stereocenters. The fourth-order valence-corrected chi connectivity index (χ4v) is 2.02. The Labute approximate surface area is 101 Å². The Morgan fingerprint density at radius 1 is 1.59 bits per heavy atom. The number of halogens is 1. The van der Waals surface area contributed by atoms with Gasteiger partial charge in [-0.15, -0.1) is 0 Å². The van der Waals surface area contributed by atoms with Crippen LogP contribution in [0.25, 0.3) is 0 Å². The lowest BCUT2D eigenvalue weighted by Gasteiger charge is -2.17. The van der Waals surface area contributed by atoms with Gasteiger partial charge in [0.25, 0.3) is 0 Å². The summed E-state index contributed by atoms with van der Waals surface area (Å²) in [5.41, 5.74) is 0.832. The molecule has 1 aromatic rings. The maximum Gasteiger partial charge on any atom is 0.165 e. The molecule has 0 aliphatic carbocycles. The summed E-state index contributed by atoms with van der Waals surface area (Å²) in [6.45, 7) is 3.60. The molecule has 2 N–H and O–H groups in total. The van der Waals surface area contributed by atoms with Crippen molar-refractivity contribution >= 4 is 0 Å². The first kappa shape index (κ1) is 12.3. The van der Waals surface area contributed by atoms with E-state index >= 15 is 0 Å². The predicted octanol–water partition coefficient (Wildman–Crippen LogP) is 2.36. The zero-order chi connectivity index (χ0) is 12.3. The first-order chi connectivity index (χ1) is 8.16. The summed E-state index contributed by atoms with van der Waals surface area (Å²) in [5.74, 6) is -0.881. The smallest absolute Gasteiger partial charge is 0.165 e. The van der Waals surface area contributed by atoms with Crippen molar-refractivity contribution in [3.63, 3.8) is 0 Å². The Morgan fingerprint density at radius 2 is 2.41 bits per heavy atom. The standard InChI is InChI=1S/C13H18FNO2/c1-9(15-8-11-3-2-6-17-11)10-4-5-13(16)12(14)7-10/h4-5,7,9,11,15-16H,2-3,6,8H2,1H3/t9-,11-/m0/s1. The minimum Gasteiger partial charge on any atom is -0.505 e. The number of ether oxygens (including phenoxy) is 1. The van der Waals surface area contributed by atoms with Crippen LogP contribution in [0, 0.1) is 5.82 Å². The van der Waals surface area contributed by atoms with Gasteiger partial charge in [0, 0.05) is 19.2 Å². The first-order valence-electron chi connectivity index (χ1n) is 6.00. The SMILES string of the molecule is C[C@H](NC[C@@H]1CCCO1)c1ccc(O)c(F)c1. The molecule has 0 saturated carbocycles. The van der Waals surface area contributed by atoms with Gasteiger partial charge in [0.15, 0.2) is 11.6 Å². The molecule has 0 radical (unpaired) electrons. The van der Waals surface area contributed by atoms with Crippen molar-refractivity contribution in [2.24, 2.45) is 0 Å². The number of phenolic OH excluding ortho intramolecular Hbond substituents is 1. The van der Waals surface area contributed by atoms with Gasteiger partial charge in [-0.2, -0.15) is 0 Å². The van der Waals surface area contributed by atoms with Gasteiger partial charge in [0.05, 0.1) is 6.10 Å². The Hall–Kier alpha value is -1.13. The van der Waals surface area contributed by atoms with Crippen LogP contribution < -0.4 is 5.32 Å². The fourth-order valence-electron chi connectivity index (χ4n) is 2.02. The van der Waals surface area contributed by atoms with Gasteiger partial charge in [-0.25, -0.2) is 4.39 Å². The van der Waals surface area contributed by atoms with E-state index < -0.39 is 5.82 Å². The zero-order valence-electron chi connectivity index (χ0n) is 9.95. The summed E-state index contributed by atoms with van der Waals surface area (Å²) in [4.78, 5) is 0. The van der Waals surface area contributed by atoms with E-state index in [9.17, 15) is 4.39 Å². The van der Waals surface area contributed by atoms with Gasteiger partial charge >= 0.3 is 0 Å². The quantitative estimate of drug-likeness (QED) is 0.847. The van der Waals surface area contributed by atoms with E-state index in [4.69, 9.17) is 9.84 Å².